The third-order valence-corrected chi connectivity index (χ3v) is 3.07. The van der Waals surface area contributed by atoms with E-state index in [-0.39, 0.29) is 6.42 Å². The van der Waals surface area contributed by atoms with Crippen LogP contribution in [0.3, 0.4) is 0 Å². The maximum Gasteiger partial charge on any atom is 0.405 e. The molecule has 0 saturated heterocycles. The Morgan fingerprint density at radius 2 is 1.85 bits per heavy atom. The van der Waals surface area contributed by atoms with E-state index in [1.54, 1.807) is 16.2 Å². The number of halogens is 3. The fraction of sp³-hybridized carbons (Fsp3) is 0.250. The third-order valence-electron chi connectivity index (χ3n) is 3.07. The van der Waals surface area contributed by atoms with Gasteiger partial charge in [-0.3, -0.25) is 14.9 Å². The Balaban J connectivity index is 1.74. The van der Waals surface area contributed by atoms with Crippen LogP contribution in [0.5, 0.6) is 0 Å². The van der Waals surface area contributed by atoms with Crippen LogP contribution in [0.15, 0.2) is 42.7 Å². The Morgan fingerprint density at radius 1 is 1.15 bits per heavy atom. The Bertz CT molecular complexity index is 805. The van der Waals surface area contributed by atoms with Crippen molar-refractivity contribution in [3.8, 4) is 5.69 Å². The van der Waals surface area contributed by atoms with Crippen molar-refractivity contribution in [3.05, 3.63) is 48.3 Å². The first-order chi connectivity index (χ1) is 12.7. The molecule has 1 heterocycles. The van der Waals surface area contributed by atoms with Gasteiger partial charge < -0.3 is 10.1 Å². The van der Waals surface area contributed by atoms with Crippen molar-refractivity contribution in [1.29, 1.82) is 0 Å². The molecule has 8 nitrogen and oxygen atoms in total. The molecule has 0 aliphatic rings. The molecule has 0 radical (unpaired) electrons. The predicted octanol–water partition coefficient (Wildman–Crippen LogP) is 1.35. The van der Waals surface area contributed by atoms with Crippen LogP contribution in [0, 0.1) is 0 Å². The number of nitrogens with zero attached hydrogens (tertiary/aromatic N) is 2. The fourth-order valence-electron chi connectivity index (χ4n) is 1.92. The number of urea groups is 1. The van der Waals surface area contributed by atoms with E-state index in [0.29, 0.717) is 5.56 Å². The number of esters is 1. The van der Waals surface area contributed by atoms with Crippen molar-refractivity contribution in [1.82, 2.24) is 20.4 Å². The van der Waals surface area contributed by atoms with Gasteiger partial charge >= 0.3 is 18.2 Å². The minimum absolute atomic E-state index is 0.166. The molecule has 0 atom stereocenters. The van der Waals surface area contributed by atoms with Gasteiger partial charge in [0.2, 0.25) is 0 Å². The van der Waals surface area contributed by atoms with Crippen molar-refractivity contribution < 1.29 is 32.3 Å². The second kappa shape index (κ2) is 8.83. The Morgan fingerprint density at radius 3 is 2.52 bits per heavy atom. The van der Waals surface area contributed by atoms with E-state index in [4.69, 9.17) is 0 Å². The number of carbonyl (C=O) groups is 3. The zero-order chi connectivity index (χ0) is 19.9. The quantitative estimate of drug-likeness (QED) is 0.732. The highest BCUT2D eigenvalue weighted by atomic mass is 19.4. The summed E-state index contributed by atoms with van der Waals surface area (Å²) in [7, 11) is 0. The maximum atomic E-state index is 11.9. The van der Waals surface area contributed by atoms with Crippen LogP contribution in [-0.4, -0.2) is 47.0 Å². The van der Waals surface area contributed by atoms with E-state index >= 15 is 0 Å². The summed E-state index contributed by atoms with van der Waals surface area (Å²) < 4.78 is 42.0. The second-order valence-electron chi connectivity index (χ2n) is 5.31. The largest absolute Gasteiger partial charge is 0.455 e. The van der Waals surface area contributed by atoms with Crippen LogP contribution in [-0.2, 0) is 20.7 Å². The van der Waals surface area contributed by atoms with Crippen molar-refractivity contribution in [3.63, 3.8) is 0 Å². The van der Waals surface area contributed by atoms with E-state index < -0.39 is 37.2 Å². The molecule has 2 aromatic rings. The summed E-state index contributed by atoms with van der Waals surface area (Å²) in [5, 5.41) is 7.17. The molecule has 11 heteroatoms. The van der Waals surface area contributed by atoms with Gasteiger partial charge in [0.05, 0.1) is 18.3 Å². The lowest BCUT2D eigenvalue weighted by atomic mass is 10.2. The van der Waals surface area contributed by atoms with Gasteiger partial charge in [-0.2, -0.15) is 18.3 Å². The number of ether oxygens (including phenoxy) is 1. The smallest absolute Gasteiger partial charge is 0.405 e. The lowest BCUT2D eigenvalue weighted by Gasteiger charge is -2.09. The molecule has 0 unspecified atom stereocenters. The number of nitrogens with one attached hydrogen (secondary N) is 2. The SMILES string of the molecule is O=C(COC(=O)Cc1cnn(-c2ccccc2)c1)NC(=O)NCC(F)(F)F. The summed E-state index contributed by atoms with van der Waals surface area (Å²) in [4.78, 5) is 34.2. The van der Waals surface area contributed by atoms with Gasteiger partial charge in [0.15, 0.2) is 6.61 Å². The highest BCUT2D eigenvalue weighted by molar-refractivity contribution is 5.95. The van der Waals surface area contributed by atoms with Gasteiger partial charge in [0.25, 0.3) is 5.91 Å². The molecular weight excluding hydrogens is 369 g/mol. The van der Waals surface area contributed by atoms with Crippen LogP contribution in [0.4, 0.5) is 18.0 Å². The van der Waals surface area contributed by atoms with Gasteiger partial charge in [-0.1, -0.05) is 18.2 Å². The number of hydrogen-bond donors (Lipinski definition) is 2. The summed E-state index contributed by atoms with van der Waals surface area (Å²) in [5.74, 6) is -1.81. The first-order valence-electron chi connectivity index (χ1n) is 7.62. The number of para-hydroxylation sites is 1. The molecule has 3 amide bonds. The Labute approximate surface area is 151 Å². The zero-order valence-electron chi connectivity index (χ0n) is 13.8. The number of carbonyl (C=O) groups excluding carboxylic acids is 3. The van der Waals surface area contributed by atoms with E-state index in [1.807, 2.05) is 30.3 Å². The molecule has 1 aromatic carbocycles. The monoisotopic (exact) mass is 384 g/mol. The summed E-state index contributed by atoms with van der Waals surface area (Å²) >= 11 is 0. The standard InChI is InChI=1S/C16H15F3N4O4/c17-16(18,19)10-20-15(26)22-13(24)9-27-14(25)6-11-7-21-23(8-11)12-4-2-1-3-5-12/h1-5,7-8H,6,9-10H2,(H2,20,22,24,26). The molecule has 1 aromatic heterocycles. The van der Waals surface area contributed by atoms with Crippen LogP contribution in [0.1, 0.15) is 5.56 Å². The molecular formula is C16H15F3N4O4. The van der Waals surface area contributed by atoms with Gasteiger partial charge in [-0.15, -0.1) is 0 Å². The normalized spacial score (nSPS) is 10.9. The van der Waals surface area contributed by atoms with E-state index in [1.165, 1.54) is 11.5 Å². The molecule has 0 aliphatic heterocycles. The van der Waals surface area contributed by atoms with Crippen molar-refractivity contribution in [2.24, 2.45) is 0 Å². The van der Waals surface area contributed by atoms with Crippen molar-refractivity contribution in [2.45, 2.75) is 12.6 Å². The lowest BCUT2D eigenvalue weighted by molar-refractivity contribution is -0.147. The number of alkyl halides is 3. The summed E-state index contributed by atoms with van der Waals surface area (Å²) in [6.07, 6.45) is -1.70. The van der Waals surface area contributed by atoms with Crippen LogP contribution in [0.2, 0.25) is 0 Å². The van der Waals surface area contributed by atoms with Gasteiger partial charge in [0, 0.05) is 11.8 Å². The molecule has 0 bridgehead atoms. The zero-order valence-corrected chi connectivity index (χ0v) is 13.8. The van der Waals surface area contributed by atoms with E-state index in [0.717, 1.165) is 5.69 Å². The number of aromatic nitrogens is 2. The number of hydrogen-bond acceptors (Lipinski definition) is 5. The average Bonchev–Trinajstić information content (AvgIpc) is 3.07. The molecule has 0 saturated carbocycles. The maximum absolute atomic E-state index is 11.9. The minimum atomic E-state index is -4.60. The molecule has 27 heavy (non-hydrogen) atoms. The van der Waals surface area contributed by atoms with Crippen LogP contribution in [0.25, 0.3) is 5.69 Å². The first kappa shape index (κ1) is 19.9. The van der Waals surface area contributed by atoms with Crippen molar-refractivity contribution in [2.75, 3.05) is 13.2 Å². The minimum Gasteiger partial charge on any atom is -0.455 e. The van der Waals surface area contributed by atoms with Gasteiger partial charge in [-0.25, -0.2) is 9.48 Å². The topological polar surface area (TPSA) is 102 Å². The molecule has 0 fully saturated rings. The molecule has 2 N–H and O–H groups in total. The van der Waals surface area contributed by atoms with Crippen molar-refractivity contribution >= 4 is 17.9 Å². The van der Waals surface area contributed by atoms with E-state index in [9.17, 15) is 27.6 Å². The highest BCUT2D eigenvalue weighted by Crippen LogP contribution is 2.12. The summed E-state index contributed by atoms with van der Waals surface area (Å²) in [6.45, 7) is -2.39. The summed E-state index contributed by atoms with van der Waals surface area (Å²) in [5.41, 5.74) is 1.33. The molecule has 144 valence electrons. The molecule has 0 spiro atoms. The molecule has 2 rings (SSSR count). The number of benzene rings is 1. The molecule has 0 aliphatic carbocycles. The van der Waals surface area contributed by atoms with Crippen LogP contribution >= 0.6 is 0 Å². The first-order valence-corrected chi connectivity index (χ1v) is 7.62. The predicted molar refractivity (Wildman–Crippen MR) is 85.8 cm³/mol. The van der Waals surface area contributed by atoms with Gasteiger partial charge in [-0.05, 0) is 12.1 Å². The van der Waals surface area contributed by atoms with Gasteiger partial charge in [0.1, 0.15) is 6.54 Å². The number of imide groups is 1. The average molecular weight is 384 g/mol. The van der Waals surface area contributed by atoms with E-state index in [2.05, 4.69) is 9.84 Å². The Kier molecular flexibility index (Phi) is 6.52. The lowest BCUT2D eigenvalue weighted by Crippen LogP contribution is -2.44. The Hall–Kier alpha value is -3.37. The summed E-state index contributed by atoms with van der Waals surface area (Å²) in [6, 6.07) is 7.81. The second-order valence-corrected chi connectivity index (χ2v) is 5.31. The third kappa shape index (κ3) is 7.18. The van der Waals surface area contributed by atoms with Crippen LogP contribution < -0.4 is 10.6 Å². The number of amides is 3. The highest BCUT2D eigenvalue weighted by Gasteiger charge is 2.28. The number of rotatable bonds is 6. The fourth-order valence-corrected chi connectivity index (χ4v) is 1.92.